The summed E-state index contributed by atoms with van der Waals surface area (Å²) in [7, 11) is 0. The number of allylic oxidation sites excluding steroid dienone is 2. The van der Waals surface area contributed by atoms with Gasteiger partial charge in [-0.25, -0.2) is 9.69 Å². The number of rotatable bonds is 0. The van der Waals surface area contributed by atoms with Gasteiger partial charge in [-0.05, 0) is 0 Å². The van der Waals surface area contributed by atoms with Crippen molar-refractivity contribution < 1.29 is 0 Å². The van der Waals surface area contributed by atoms with Gasteiger partial charge in [-0.3, -0.25) is 0 Å². The lowest BCUT2D eigenvalue weighted by molar-refractivity contribution is 1.28. The second-order valence-corrected chi connectivity index (χ2v) is 3.29. The summed E-state index contributed by atoms with van der Waals surface area (Å²) in [4.78, 5) is 6.41. The van der Waals surface area contributed by atoms with Crippen molar-refractivity contribution in [2.75, 3.05) is 5.73 Å². The number of hydrogen-bond donors (Lipinski definition) is 2. The second kappa shape index (κ2) is 5.99. The fourth-order valence-corrected chi connectivity index (χ4v) is 1.21. The van der Waals surface area contributed by atoms with Crippen molar-refractivity contribution in [1.29, 1.82) is 0 Å². The van der Waals surface area contributed by atoms with Gasteiger partial charge < -0.3 is 11.5 Å². The fourth-order valence-electron chi connectivity index (χ4n) is 1.21. The highest BCUT2D eigenvalue weighted by Crippen LogP contribution is 2.19. The number of anilines is 1. The highest BCUT2D eigenvalue weighted by atomic mass is 14.7. The number of hydrogen-bond acceptors (Lipinski definition) is 2. The van der Waals surface area contributed by atoms with E-state index in [1.807, 2.05) is 12.1 Å². The van der Waals surface area contributed by atoms with Crippen LogP contribution in [0.1, 0.15) is 6.42 Å². The fraction of sp³-hybridized carbons (Fsp3) is 0.0769. The molecule has 0 saturated heterocycles. The molecule has 0 heterocycles. The van der Waals surface area contributed by atoms with Crippen molar-refractivity contribution in [1.82, 2.24) is 0 Å². The van der Waals surface area contributed by atoms with Crippen LogP contribution in [0.3, 0.4) is 0 Å². The summed E-state index contributed by atoms with van der Waals surface area (Å²) in [6, 6.07) is 7.02. The third-order valence-corrected chi connectivity index (χ3v) is 2.13. The van der Waals surface area contributed by atoms with E-state index in [2.05, 4.69) is 9.69 Å². The molecule has 0 amide bonds. The van der Waals surface area contributed by atoms with E-state index in [-0.39, 0.29) is 0 Å². The molecule has 0 saturated carbocycles. The van der Waals surface area contributed by atoms with Crippen LogP contribution in [0.2, 0.25) is 0 Å². The van der Waals surface area contributed by atoms with Gasteiger partial charge in [0.25, 0.3) is 0 Å². The zero-order valence-corrected chi connectivity index (χ0v) is 9.22. The Morgan fingerprint density at radius 2 is 1.76 bits per heavy atom. The molecule has 0 fully saturated rings. The van der Waals surface area contributed by atoms with Gasteiger partial charge in [-0.15, -0.1) is 0 Å². The summed E-state index contributed by atoms with van der Waals surface area (Å²) < 4.78 is 0. The largest absolute Gasteiger partial charge is 0.408 e. The van der Waals surface area contributed by atoms with Crippen LogP contribution >= 0.6 is 0 Å². The molecule has 1 aromatic carbocycles. The SMILES string of the molecule is [C-]#[N+]C1=C(N)C=CC1.[C-]#[N+]c1ccccc1N. The van der Waals surface area contributed by atoms with Gasteiger partial charge in [0.1, 0.15) is 0 Å². The number of benzene rings is 1. The number of nitrogen functional groups attached to an aromatic ring is 1. The molecular formula is C13H12N4. The van der Waals surface area contributed by atoms with E-state index in [9.17, 15) is 0 Å². The first-order valence-corrected chi connectivity index (χ1v) is 4.93. The lowest BCUT2D eigenvalue weighted by Gasteiger charge is -1.91. The molecule has 17 heavy (non-hydrogen) atoms. The maximum Gasteiger partial charge on any atom is 0.209 e. The van der Waals surface area contributed by atoms with Gasteiger partial charge in [0.2, 0.25) is 5.69 Å². The Labute approximate surface area is 100 Å². The lowest BCUT2D eigenvalue weighted by atomic mass is 10.3. The first-order chi connectivity index (χ1) is 8.19. The van der Waals surface area contributed by atoms with Crippen LogP contribution in [0.4, 0.5) is 11.4 Å². The topological polar surface area (TPSA) is 60.8 Å². The second-order valence-electron chi connectivity index (χ2n) is 3.29. The average molecular weight is 224 g/mol. The van der Waals surface area contributed by atoms with E-state index in [0.717, 1.165) is 6.42 Å². The quantitative estimate of drug-likeness (QED) is 0.525. The van der Waals surface area contributed by atoms with Crippen molar-refractivity contribution >= 4 is 11.4 Å². The van der Waals surface area contributed by atoms with E-state index < -0.39 is 0 Å². The summed E-state index contributed by atoms with van der Waals surface area (Å²) in [5, 5.41) is 0. The molecule has 0 atom stereocenters. The predicted molar refractivity (Wildman–Crippen MR) is 68.7 cm³/mol. The third-order valence-electron chi connectivity index (χ3n) is 2.13. The van der Waals surface area contributed by atoms with E-state index in [1.54, 1.807) is 24.3 Å². The minimum Gasteiger partial charge on any atom is -0.408 e. The van der Waals surface area contributed by atoms with Crippen LogP contribution < -0.4 is 11.5 Å². The molecule has 4 nitrogen and oxygen atoms in total. The minimum absolute atomic E-state index is 0.525. The molecule has 1 aliphatic rings. The van der Waals surface area contributed by atoms with E-state index >= 15 is 0 Å². The zero-order chi connectivity index (χ0) is 12.7. The molecule has 2 rings (SSSR count). The maximum absolute atomic E-state index is 6.63. The van der Waals surface area contributed by atoms with Crippen molar-refractivity contribution in [3.63, 3.8) is 0 Å². The summed E-state index contributed by atoms with van der Waals surface area (Å²) in [5.41, 5.74) is 13.2. The molecule has 4 heteroatoms. The van der Waals surface area contributed by atoms with Gasteiger partial charge in [0.15, 0.2) is 5.70 Å². The molecule has 0 aromatic heterocycles. The van der Waals surface area contributed by atoms with Crippen LogP contribution in [0.15, 0.2) is 47.8 Å². The van der Waals surface area contributed by atoms with Gasteiger partial charge in [-0.1, -0.05) is 36.4 Å². The lowest BCUT2D eigenvalue weighted by Crippen LogP contribution is -1.91. The Kier molecular flexibility index (Phi) is 4.35. The number of nitrogens with zero attached hydrogens (tertiary/aromatic N) is 2. The molecule has 1 aromatic rings. The summed E-state index contributed by atoms with van der Waals surface area (Å²) >= 11 is 0. The summed E-state index contributed by atoms with van der Waals surface area (Å²) in [6.07, 6.45) is 4.38. The van der Waals surface area contributed by atoms with Gasteiger partial charge in [-0.2, -0.15) is 0 Å². The molecule has 0 radical (unpaired) electrons. The van der Waals surface area contributed by atoms with Crippen molar-refractivity contribution in [2.45, 2.75) is 6.42 Å². The molecular weight excluding hydrogens is 212 g/mol. The smallest absolute Gasteiger partial charge is 0.209 e. The maximum atomic E-state index is 6.63. The summed E-state index contributed by atoms with van der Waals surface area (Å²) in [6.45, 7) is 13.2. The molecule has 1 aliphatic carbocycles. The van der Waals surface area contributed by atoms with Gasteiger partial charge in [0, 0.05) is 17.8 Å². The molecule has 0 aliphatic heterocycles. The van der Waals surface area contributed by atoms with Crippen LogP contribution in [0, 0.1) is 13.1 Å². The van der Waals surface area contributed by atoms with Gasteiger partial charge in [0.05, 0.1) is 13.1 Å². The molecule has 84 valence electrons. The Bertz CT molecular complexity index is 541. The Morgan fingerprint density at radius 3 is 2.12 bits per heavy atom. The monoisotopic (exact) mass is 224 g/mol. The minimum atomic E-state index is 0.525. The highest BCUT2D eigenvalue weighted by Gasteiger charge is 2.03. The van der Waals surface area contributed by atoms with Crippen LogP contribution in [0.5, 0.6) is 0 Å². The molecule has 0 unspecified atom stereocenters. The van der Waals surface area contributed by atoms with E-state index in [1.165, 1.54) is 0 Å². The number of para-hydroxylation sites is 2. The molecule has 0 bridgehead atoms. The predicted octanol–water partition coefficient (Wildman–Crippen LogP) is 2.86. The first kappa shape index (κ1) is 12.4. The van der Waals surface area contributed by atoms with Crippen LogP contribution in [-0.2, 0) is 0 Å². The van der Waals surface area contributed by atoms with E-state index in [0.29, 0.717) is 22.8 Å². The Balaban J connectivity index is 0.000000171. The van der Waals surface area contributed by atoms with Crippen molar-refractivity contribution in [2.24, 2.45) is 5.73 Å². The number of nitrogens with two attached hydrogens (primary N) is 2. The van der Waals surface area contributed by atoms with Crippen molar-refractivity contribution in [3.05, 3.63) is 70.6 Å². The molecule has 4 N–H and O–H groups in total. The van der Waals surface area contributed by atoms with Crippen LogP contribution in [-0.4, -0.2) is 0 Å². The summed E-state index contributed by atoms with van der Waals surface area (Å²) in [5.74, 6) is 0. The van der Waals surface area contributed by atoms with Gasteiger partial charge >= 0.3 is 0 Å². The zero-order valence-electron chi connectivity index (χ0n) is 9.22. The Hall–Kier alpha value is -2.72. The van der Waals surface area contributed by atoms with Crippen LogP contribution in [0.25, 0.3) is 9.69 Å². The Morgan fingerprint density at radius 1 is 1.06 bits per heavy atom. The van der Waals surface area contributed by atoms with E-state index in [4.69, 9.17) is 24.6 Å². The third kappa shape index (κ3) is 3.40. The first-order valence-electron chi connectivity index (χ1n) is 4.93. The molecule has 0 spiro atoms. The highest BCUT2D eigenvalue weighted by molar-refractivity contribution is 5.66. The normalized spacial score (nSPS) is 12.4. The van der Waals surface area contributed by atoms with Crippen molar-refractivity contribution in [3.8, 4) is 0 Å². The average Bonchev–Trinajstić information content (AvgIpc) is 2.76. The standard InChI is InChI=1S/C7H6N2.C6H6N2/c1-9-7-5-3-2-4-6(7)8;1-8-6-4-2-3-5(6)7/h2-5H,8H2;2-3H,4,7H2.